The highest BCUT2D eigenvalue weighted by Gasteiger charge is 2.21. The molecule has 0 amide bonds. The Labute approximate surface area is 90.4 Å². The van der Waals surface area contributed by atoms with Crippen LogP contribution in [0.3, 0.4) is 0 Å². The molecule has 4 heteroatoms. The van der Waals surface area contributed by atoms with Gasteiger partial charge < -0.3 is 15.0 Å². The van der Waals surface area contributed by atoms with E-state index in [1.165, 1.54) is 0 Å². The number of ether oxygens (including phenoxy) is 1. The van der Waals surface area contributed by atoms with Gasteiger partial charge >= 0.3 is 0 Å². The van der Waals surface area contributed by atoms with Gasteiger partial charge in [0.2, 0.25) is 0 Å². The Morgan fingerprint density at radius 2 is 2.60 bits per heavy atom. The number of nitrogens with zero attached hydrogens (tertiary/aromatic N) is 2. The molecule has 1 aliphatic rings. The lowest BCUT2D eigenvalue weighted by Gasteiger charge is -2.16. The smallest absolute Gasteiger partial charge is 0.125 e. The van der Waals surface area contributed by atoms with Gasteiger partial charge in [0.25, 0.3) is 0 Å². The quantitative estimate of drug-likeness (QED) is 0.814. The van der Waals surface area contributed by atoms with Crippen molar-refractivity contribution >= 4 is 0 Å². The molecule has 0 aliphatic carbocycles. The van der Waals surface area contributed by atoms with Crippen molar-refractivity contribution in [3.63, 3.8) is 0 Å². The summed E-state index contributed by atoms with van der Waals surface area (Å²) in [6.07, 6.45) is 5.93. The highest BCUT2D eigenvalue weighted by Crippen LogP contribution is 2.23. The van der Waals surface area contributed by atoms with Crippen LogP contribution in [0.5, 0.6) is 0 Å². The number of imidazole rings is 1. The van der Waals surface area contributed by atoms with E-state index in [1.54, 1.807) is 0 Å². The fraction of sp³-hybridized carbons (Fsp3) is 0.727. The first-order valence-corrected chi connectivity index (χ1v) is 5.65. The molecule has 0 aromatic carbocycles. The third-order valence-electron chi connectivity index (χ3n) is 3.03. The summed E-state index contributed by atoms with van der Waals surface area (Å²) in [6, 6.07) is 0.0478. The molecule has 0 bridgehead atoms. The summed E-state index contributed by atoms with van der Waals surface area (Å²) in [5, 5.41) is 0. The molecule has 2 atom stereocenters. The van der Waals surface area contributed by atoms with Gasteiger partial charge in [-0.15, -0.1) is 0 Å². The maximum absolute atomic E-state index is 6.16. The first-order chi connectivity index (χ1) is 7.31. The lowest BCUT2D eigenvalue weighted by atomic mass is 9.99. The monoisotopic (exact) mass is 209 g/mol. The van der Waals surface area contributed by atoms with Crippen molar-refractivity contribution in [2.24, 2.45) is 11.7 Å². The molecule has 84 valence electrons. The second kappa shape index (κ2) is 4.77. The maximum Gasteiger partial charge on any atom is 0.125 e. The van der Waals surface area contributed by atoms with E-state index in [1.807, 2.05) is 12.4 Å². The molecule has 1 aromatic rings. The fourth-order valence-corrected chi connectivity index (χ4v) is 2.15. The average Bonchev–Trinajstić information content (AvgIpc) is 2.86. The van der Waals surface area contributed by atoms with Gasteiger partial charge in [-0.05, 0) is 25.7 Å². The zero-order valence-electron chi connectivity index (χ0n) is 9.22. The van der Waals surface area contributed by atoms with Gasteiger partial charge in [0.05, 0.1) is 6.04 Å². The Balaban J connectivity index is 1.97. The first kappa shape index (κ1) is 10.6. The van der Waals surface area contributed by atoms with E-state index in [0.29, 0.717) is 5.92 Å². The molecule has 1 aliphatic heterocycles. The topological polar surface area (TPSA) is 53.1 Å². The van der Waals surface area contributed by atoms with Gasteiger partial charge in [0.1, 0.15) is 5.82 Å². The number of rotatable bonds is 4. The Bertz CT molecular complexity index is 305. The second-order valence-electron chi connectivity index (χ2n) is 4.14. The van der Waals surface area contributed by atoms with Crippen molar-refractivity contribution in [3.8, 4) is 0 Å². The van der Waals surface area contributed by atoms with Gasteiger partial charge in [-0.1, -0.05) is 0 Å². The second-order valence-corrected chi connectivity index (χ2v) is 4.14. The number of hydrogen-bond donors (Lipinski definition) is 1. The van der Waals surface area contributed by atoms with E-state index in [2.05, 4.69) is 16.5 Å². The molecule has 4 nitrogen and oxygen atoms in total. The molecule has 1 aromatic heterocycles. The molecular weight excluding hydrogens is 190 g/mol. The minimum absolute atomic E-state index is 0.0478. The highest BCUT2D eigenvalue weighted by atomic mass is 16.5. The summed E-state index contributed by atoms with van der Waals surface area (Å²) in [7, 11) is 0. The van der Waals surface area contributed by atoms with E-state index in [9.17, 15) is 0 Å². The number of hydrogen-bond acceptors (Lipinski definition) is 3. The van der Waals surface area contributed by atoms with E-state index >= 15 is 0 Å². The van der Waals surface area contributed by atoms with Crippen LogP contribution in [0, 0.1) is 5.92 Å². The van der Waals surface area contributed by atoms with Gasteiger partial charge in [-0.25, -0.2) is 4.98 Å². The van der Waals surface area contributed by atoms with Crippen LogP contribution >= 0.6 is 0 Å². The Kier molecular flexibility index (Phi) is 3.38. The van der Waals surface area contributed by atoms with Crippen molar-refractivity contribution in [1.29, 1.82) is 0 Å². The summed E-state index contributed by atoms with van der Waals surface area (Å²) < 4.78 is 7.46. The fourth-order valence-electron chi connectivity index (χ4n) is 2.15. The van der Waals surface area contributed by atoms with Crippen molar-refractivity contribution < 1.29 is 4.74 Å². The third kappa shape index (κ3) is 2.38. The van der Waals surface area contributed by atoms with Gasteiger partial charge in [-0.3, -0.25) is 0 Å². The van der Waals surface area contributed by atoms with Crippen LogP contribution in [0.25, 0.3) is 0 Å². The maximum atomic E-state index is 6.16. The number of aromatic nitrogens is 2. The number of nitrogens with two attached hydrogens (primary N) is 1. The van der Waals surface area contributed by atoms with Gasteiger partial charge in [0, 0.05) is 32.2 Å². The molecule has 15 heavy (non-hydrogen) atoms. The molecule has 2 unspecified atom stereocenters. The molecule has 1 saturated heterocycles. The normalized spacial score (nSPS) is 23.2. The van der Waals surface area contributed by atoms with Crippen LogP contribution in [-0.2, 0) is 11.3 Å². The summed E-state index contributed by atoms with van der Waals surface area (Å²) in [6.45, 7) is 4.79. The van der Waals surface area contributed by atoms with Crippen LogP contribution in [0.15, 0.2) is 12.4 Å². The highest BCUT2D eigenvalue weighted by molar-refractivity contribution is 4.99. The predicted molar refractivity (Wildman–Crippen MR) is 58.4 cm³/mol. The molecule has 0 spiro atoms. The number of aryl methyl sites for hydroxylation is 1. The van der Waals surface area contributed by atoms with Crippen LogP contribution in [0.4, 0.5) is 0 Å². The minimum Gasteiger partial charge on any atom is -0.381 e. The third-order valence-corrected chi connectivity index (χ3v) is 3.03. The molecule has 1 fully saturated rings. The van der Waals surface area contributed by atoms with Gasteiger partial charge in [0.15, 0.2) is 0 Å². The molecule has 2 heterocycles. The largest absolute Gasteiger partial charge is 0.381 e. The van der Waals surface area contributed by atoms with Crippen molar-refractivity contribution in [3.05, 3.63) is 18.2 Å². The zero-order valence-corrected chi connectivity index (χ0v) is 9.22. The standard InChI is InChI=1S/C11H19N3O/c1-2-14-5-4-13-11(14)10(12)7-9-3-6-15-8-9/h4-5,9-10H,2-3,6-8,12H2,1H3. The van der Waals surface area contributed by atoms with E-state index in [4.69, 9.17) is 10.5 Å². The SMILES string of the molecule is CCn1ccnc1C(N)CC1CCOC1. The Morgan fingerprint density at radius 3 is 3.27 bits per heavy atom. The molecule has 2 N–H and O–H groups in total. The van der Waals surface area contributed by atoms with Crippen LogP contribution in [-0.4, -0.2) is 22.8 Å². The lowest BCUT2D eigenvalue weighted by molar-refractivity contribution is 0.182. The summed E-state index contributed by atoms with van der Waals surface area (Å²) >= 11 is 0. The predicted octanol–water partition coefficient (Wildman–Crippen LogP) is 1.33. The van der Waals surface area contributed by atoms with Gasteiger partial charge in [-0.2, -0.15) is 0 Å². The molecule has 2 rings (SSSR count). The molecular formula is C11H19N3O. The average molecular weight is 209 g/mol. The van der Waals surface area contributed by atoms with Crippen LogP contribution in [0.1, 0.15) is 31.6 Å². The zero-order chi connectivity index (χ0) is 10.7. The van der Waals surface area contributed by atoms with Crippen molar-refractivity contribution in [1.82, 2.24) is 9.55 Å². The van der Waals surface area contributed by atoms with E-state index < -0.39 is 0 Å². The Hall–Kier alpha value is -0.870. The summed E-state index contributed by atoms with van der Waals surface area (Å²) in [5.74, 6) is 1.62. The lowest BCUT2D eigenvalue weighted by Crippen LogP contribution is -2.20. The van der Waals surface area contributed by atoms with E-state index in [-0.39, 0.29) is 6.04 Å². The molecule has 0 radical (unpaired) electrons. The van der Waals surface area contributed by atoms with Crippen LogP contribution in [0.2, 0.25) is 0 Å². The van der Waals surface area contributed by atoms with E-state index in [0.717, 1.165) is 38.4 Å². The summed E-state index contributed by atoms with van der Waals surface area (Å²) in [4.78, 5) is 4.33. The van der Waals surface area contributed by atoms with Crippen LogP contribution < -0.4 is 5.73 Å². The first-order valence-electron chi connectivity index (χ1n) is 5.65. The van der Waals surface area contributed by atoms with Crippen molar-refractivity contribution in [2.75, 3.05) is 13.2 Å². The minimum atomic E-state index is 0.0478. The van der Waals surface area contributed by atoms with Crippen molar-refractivity contribution in [2.45, 2.75) is 32.4 Å². The summed E-state index contributed by atoms with van der Waals surface area (Å²) in [5.41, 5.74) is 6.16. The Morgan fingerprint density at radius 1 is 1.73 bits per heavy atom. The molecule has 0 saturated carbocycles.